The molecule has 3 rings (SSSR count). The monoisotopic (exact) mass is 456 g/mol. The minimum absolute atomic E-state index is 0.0478. The lowest BCUT2D eigenvalue weighted by molar-refractivity contribution is -0.139. The fraction of sp³-hybridized carbons (Fsp3) is 0.136. The van der Waals surface area contributed by atoms with Gasteiger partial charge in [-0.15, -0.1) is 0 Å². The Labute approximate surface area is 184 Å². The van der Waals surface area contributed by atoms with E-state index in [2.05, 4.69) is 10.1 Å². The summed E-state index contributed by atoms with van der Waals surface area (Å²) in [6.07, 6.45) is 2.50. The molecule has 0 aliphatic carbocycles. The average Bonchev–Trinajstić information content (AvgIpc) is 2.80. The van der Waals surface area contributed by atoms with Gasteiger partial charge in [-0.2, -0.15) is 0 Å². The summed E-state index contributed by atoms with van der Waals surface area (Å²) in [6, 6.07) is 12.1. The summed E-state index contributed by atoms with van der Waals surface area (Å²) < 4.78 is 30.6. The van der Waals surface area contributed by atoms with E-state index in [9.17, 15) is 27.9 Å². The summed E-state index contributed by atoms with van der Waals surface area (Å²) in [5.41, 5.74) is 0.390. The van der Waals surface area contributed by atoms with Gasteiger partial charge in [0.1, 0.15) is 12.2 Å². The third kappa shape index (κ3) is 4.40. The standard InChI is InChI=1S/C22H20N2O7S/c1-24-20(21(27)16-8-3-4-9-18(16)32(24,29)30)17(25)11-10-14-6-5-7-15(12-14)22(28)23-13-19(26)31-2/h3-12,27H,13H2,1-2H3,(H,23,28). The smallest absolute Gasteiger partial charge is 0.325 e. The number of carbonyl (C=O) groups is 3. The number of hydrogen-bond acceptors (Lipinski definition) is 7. The number of amides is 1. The first-order valence-electron chi connectivity index (χ1n) is 9.36. The molecule has 1 aliphatic rings. The Kier molecular flexibility index (Phi) is 6.45. The quantitative estimate of drug-likeness (QED) is 0.500. The van der Waals surface area contributed by atoms with Gasteiger partial charge in [0.25, 0.3) is 15.9 Å². The van der Waals surface area contributed by atoms with Crippen molar-refractivity contribution in [1.29, 1.82) is 0 Å². The molecule has 9 nitrogen and oxygen atoms in total. The largest absolute Gasteiger partial charge is 0.505 e. The maximum atomic E-state index is 12.8. The van der Waals surface area contributed by atoms with Crippen LogP contribution in [0.5, 0.6) is 0 Å². The van der Waals surface area contributed by atoms with Gasteiger partial charge in [0.2, 0.25) is 5.78 Å². The Hall–Kier alpha value is -3.92. The third-order valence-electron chi connectivity index (χ3n) is 4.75. The van der Waals surface area contributed by atoms with Gasteiger partial charge in [-0.3, -0.25) is 18.7 Å². The molecule has 0 atom stereocenters. The molecular weight excluding hydrogens is 436 g/mol. The maximum Gasteiger partial charge on any atom is 0.325 e. The maximum absolute atomic E-state index is 12.8. The van der Waals surface area contributed by atoms with Gasteiger partial charge in [-0.05, 0) is 35.9 Å². The van der Waals surface area contributed by atoms with Crippen LogP contribution in [0.3, 0.4) is 0 Å². The number of methoxy groups -OCH3 is 1. The predicted octanol–water partition coefficient (Wildman–Crippen LogP) is 1.73. The number of ketones is 1. The van der Waals surface area contributed by atoms with Crippen molar-refractivity contribution in [2.45, 2.75) is 4.90 Å². The molecular formula is C22H20N2O7S. The van der Waals surface area contributed by atoms with Crippen molar-refractivity contribution in [3.8, 4) is 0 Å². The summed E-state index contributed by atoms with van der Waals surface area (Å²) in [6.45, 7) is -0.288. The van der Waals surface area contributed by atoms with Crippen molar-refractivity contribution in [3.05, 3.63) is 77.0 Å². The van der Waals surface area contributed by atoms with Crippen LogP contribution >= 0.6 is 0 Å². The predicted molar refractivity (Wildman–Crippen MR) is 116 cm³/mol. The van der Waals surface area contributed by atoms with Crippen LogP contribution in [0.1, 0.15) is 21.5 Å². The Bertz CT molecular complexity index is 1260. The average molecular weight is 456 g/mol. The van der Waals surface area contributed by atoms with Crippen LogP contribution in [-0.2, 0) is 24.3 Å². The second-order valence-corrected chi connectivity index (χ2v) is 8.69. The normalized spacial score (nSPS) is 14.8. The summed E-state index contributed by atoms with van der Waals surface area (Å²) in [5.74, 6) is -2.28. The number of ether oxygens (including phenoxy) is 1. The molecule has 0 radical (unpaired) electrons. The van der Waals surface area contributed by atoms with E-state index in [0.717, 1.165) is 10.4 Å². The van der Waals surface area contributed by atoms with Gasteiger partial charge >= 0.3 is 5.97 Å². The molecule has 0 saturated heterocycles. The molecule has 10 heteroatoms. The van der Waals surface area contributed by atoms with Crippen LogP contribution in [0, 0.1) is 0 Å². The molecule has 2 N–H and O–H groups in total. The molecule has 0 saturated carbocycles. The fourth-order valence-corrected chi connectivity index (χ4v) is 4.47. The van der Waals surface area contributed by atoms with E-state index >= 15 is 0 Å². The zero-order valence-electron chi connectivity index (χ0n) is 17.2. The number of rotatable bonds is 6. The number of nitrogens with zero attached hydrogens (tertiary/aromatic N) is 1. The molecule has 1 heterocycles. The second-order valence-electron chi connectivity index (χ2n) is 6.75. The highest BCUT2D eigenvalue weighted by atomic mass is 32.2. The third-order valence-corrected chi connectivity index (χ3v) is 6.57. The Balaban J connectivity index is 1.86. The van der Waals surface area contributed by atoms with E-state index < -0.39 is 33.4 Å². The van der Waals surface area contributed by atoms with Crippen molar-refractivity contribution in [3.63, 3.8) is 0 Å². The number of benzene rings is 2. The molecule has 1 amide bonds. The molecule has 0 spiro atoms. The number of aliphatic hydroxyl groups is 1. The molecule has 0 unspecified atom stereocenters. The highest BCUT2D eigenvalue weighted by molar-refractivity contribution is 7.89. The number of aliphatic hydroxyl groups excluding tert-OH is 1. The number of hydrogen-bond donors (Lipinski definition) is 2. The van der Waals surface area contributed by atoms with E-state index in [1.807, 2.05) is 0 Å². The van der Waals surface area contributed by atoms with Gasteiger partial charge < -0.3 is 15.2 Å². The first-order valence-corrected chi connectivity index (χ1v) is 10.8. The van der Waals surface area contributed by atoms with Gasteiger partial charge in [0.15, 0.2) is 5.76 Å². The second kappa shape index (κ2) is 9.06. The van der Waals surface area contributed by atoms with Gasteiger partial charge in [0, 0.05) is 18.2 Å². The highest BCUT2D eigenvalue weighted by Crippen LogP contribution is 2.34. The minimum Gasteiger partial charge on any atom is -0.505 e. The summed E-state index contributed by atoms with van der Waals surface area (Å²) in [5, 5.41) is 13.0. The van der Waals surface area contributed by atoms with Crippen LogP contribution in [0.25, 0.3) is 11.8 Å². The lowest BCUT2D eigenvalue weighted by Gasteiger charge is -2.27. The topological polar surface area (TPSA) is 130 Å². The number of esters is 1. The summed E-state index contributed by atoms with van der Waals surface area (Å²) in [7, 11) is -1.60. The SMILES string of the molecule is COC(=O)CNC(=O)c1cccc(C=CC(=O)C2=C(O)c3ccccc3S(=O)(=O)N2C)c1. The Morgan fingerprint density at radius 1 is 1.12 bits per heavy atom. The van der Waals surface area contributed by atoms with Crippen molar-refractivity contribution < 1.29 is 32.6 Å². The van der Waals surface area contributed by atoms with Gasteiger partial charge in [-0.1, -0.05) is 30.3 Å². The molecule has 2 aromatic rings. The Morgan fingerprint density at radius 2 is 1.84 bits per heavy atom. The summed E-state index contributed by atoms with van der Waals surface area (Å²) in [4.78, 5) is 36.0. The van der Waals surface area contributed by atoms with Gasteiger partial charge in [-0.25, -0.2) is 8.42 Å². The minimum atomic E-state index is -3.99. The number of allylic oxidation sites excluding steroid dienone is 1. The number of likely N-dealkylation sites (N-methyl/N-ethyl adjacent to an activating group) is 1. The van der Waals surface area contributed by atoms with E-state index in [1.165, 1.54) is 50.6 Å². The Morgan fingerprint density at radius 3 is 2.56 bits per heavy atom. The molecule has 0 aromatic heterocycles. The summed E-state index contributed by atoms with van der Waals surface area (Å²) >= 11 is 0. The number of carbonyl (C=O) groups excluding carboxylic acids is 3. The van der Waals surface area contributed by atoms with Crippen molar-refractivity contribution >= 4 is 39.5 Å². The lowest BCUT2D eigenvalue weighted by atomic mass is 10.1. The van der Waals surface area contributed by atoms with E-state index in [1.54, 1.807) is 18.2 Å². The van der Waals surface area contributed by atoms with Crippen LogP contribution in [0.4, 0.5) is 0 Å². The van der Waals surface area contributed by atoms with E-state index in [4.69, 9.17) is 0 Å². The molecule has 32 heavy (non-hydrogen) atoms. The van der Waals surface area contributed by atoms with Crippen molar-refractivity contribution in [1.82, 2.24) is 9.62 Å². The first kappa shape index (κ1) is 22.8. The lowest BCUT2D eigenvalue weighted by Crippen LogP contribution is -2.34. The van der Waals surface area contributed by atoms with Crippen molar-refractivity contribution in [2.75, 3.05) is 20.7 Å². The number of sulfonamides is 1. The van der Waals surface area contributed by atoms with Crippen molar-refractivity contribution in [2.24, 2.45) is 0 Å². The highest BCUT2D eigenvalue weighted by Gasteiger charge is 2.36. The first-order chi connectivity index (χ1) is 15.2. The molecule has 0 fully saturated rings. The molecule has 1 aliphatic heterocycles. The molecule has 0 bridgehead atoms. The van der Waals surface area contributed by atoms with Crippen LogP contribution < -0.4 is 5.32 Å². The van der Waals surface area contributed by atoms with E-state index in [0.29, 0.717) is 5.56 Å². The van der Waals surface area contributed by atoms with Crippen LogP contribution in [0.15, 0.2) is 65.2 Å². The zero-order valence-corrected chi connectivity index (χ0v) is 18.0. The number of fused-ring (bicyclic) bond motifs is 1. The number of nitrogens with one attached hydrogen (secondary N) is 1. The fourth-order valence-electron chi connectivity index (χ4n) is 3.06. The van der Waals surface area contributed by atoms with Gasteiger partial charge in [0.05, 0.1) is 12.0 Å². The van der Waals surface area contributed by atoms with Crippen LogP contribution in [-0.4, -0.2) is 56.2 Å². The van der Waals surface area contributed by atoms with E-state index in [-0.39, 0.29) is 28.3 Å². The molecule has 2 aromatic carbocycles. The molecule has 166 valence electrons. The van der Waals surface area contributed by atoms with Crippen LogP contribution in [0.2, 0.25) is 0 Å². The zero-order chi connectivity index (χ0) is 23.5.